The van der Waals surface area contributed by atoms with Gasteiger partial charge in [0.2, 0.25) is 0 Å². The number of rotatable bonds is 46. The number of allylic oxidation sites excluding steroid dienone is 7. The number of anilines is 8. The Morgan fingerprint density at radius 3 is 1.07 bits per heavy atom. The summed E-state index contributed by atoms with van der Waals surface area (Å²) >= 11 is 3.84. The molecule has 2 aromatic heterocycles. The number of para-hydroxylation sites is 3. The number of fused-ring (bicyclic) bond motifs is 4. The van der Waals surface area contributed by atoms with Gasteiger partial charge in [0.15, 0.2) is 0 Å². The fourth-order valence-electron chi connectivity index (χ4n) is 22.6. The Balaban J connectivity index is 0.000000179. The first-order valence-corrected chi connectivity index (χ1v) is 57.3. The fraction of sp³-hybridized carbons (Fsp3) is 0.245. The average Bonchev–Trinajstić information content (AvgIpc) is 1.68. The number of nitrogens with zero attached hydrogens (tertiary/aromatic N) is 3. The maximum absolute atomic E-state index is 4.94. The van der Waals surface area contributed by atoms with Crippen LogP contribution in [0.25, 0.3) is 87.3 Å². The van der Waals surface area contributed by atoms with Crippen LogP contribution in [-0.2, 0) is 43.3 Å². The summed E-state index contributed by atoms with van der Waals surface area (Å²) in [4.78, 5) is 10.1. The molecule has 149 heavy (non-hydrogen) atoms. The highest BCUT2D eigenvalue weighted by Gasteiger charge is 2.30. The Morgan fingerprint density at radius 1 is 0.289 bits per heavy atom. The molecule has 18 aromatic rings. The molecule has 0 spiro atoms. The first-order valence-electron chi connectivity index (χ1n) is 55.6. The monoisotopic (exact) mass is 1980 g/mol. The van der Waals surface area contributed by atoms with E-state index in [0.29, 0.717) is 0 Å². The minimum absolute atomic E-state index is 0.172. The number of aryl methyl sites for hydroxylation is 6. The largest absolute Gasteiger partial charge is 0.381 e. The normalized spacial score (nSPS) is 12.9. The van der Waals surface area contributed by atoms with E-state index in [2.05, 4.69) is 454 Å². The van der Waals surface area contributed by atoms with E-state index in [4.69, 9.17) is 4.74 Å². The molecule has 0 saturated carbocycles. The minimum Gasteiger partial charge on any atom is -0.381 e. The molecule has 0 bridgehead atoms. The molecule has 0 radical (unpaired) electrons. The van der Waals surface area contributed by atoms with E-state index in [0.717, 1.165) is 89.5 Å². The van der Waals surface area contributed by atoms with E-state index in [1.165, 1.54) is 314 Å². The van der Waals surface area contributed by atoms with Crippen LogP contribution >= 0.6 is 22.7 Å². The lowest BCUT2D eigenvalue weighted by Crippen LogP contribution is -2.16. The van der Waals surface area contributed by atoms with Crippen LogP contribution in [0.3, 0.4) is 0 Å². The van der Waals surface area contributed by atoms with Crippen molar-refractivity contribution in [2.24, 2.45) is 0 Å². The molecule has 3 heterocycles. The van der Waals surface area contributed by atoms with E-state index in [-0.39, 0.29) is 5.92 Å². The molecule has 1 saturated heterocycles. The van der Waals surface area contributed by atoms with Gasteiger partial charge in [-0.1, -0.05) is 450 Å². The molecule has 3 aliphatic rings. The molecule has 1 unspecified atom stereocenters. The van der Waals surface area contributed by atoms with Gasteiger partial charge in [0.1, 0.15) is 10.0 Å². The van der Waals surface area contributed by atoms with Crippen molar-refractivity contribution in [2.75, 3.05) is 27.9 Å². The summed E-state index contributed by atoms with van der Waals surface area (Å²) in [5.74, 6) is 0.172. The molecular formula is C143H145N3OS2. The average molecular weight is 1990 g/mol. The minimum atomic E-state index is 0.172. The van der Waals surface area contributed by atoms with Crippen molar-refractivity contribution >= 4 is 133 Å². The number of ether oxygens (including phenoxy) is 1. The van der Waals surface area contributed by atoms with Crippen LogP contribution in [0, 0.1) is 0 Å². The highest BCUT2D eigenvalue weighted by atomic mass is 32.1. The van der Waals surface area contributed by atoms with Gasteiger partial charge in [-0.25, -0.2) is 0 Å². The van der Waals surface area contributed by atoms with Gasteiger partial charge in [-0.2, -0.15) is 0 Å². The van der Waals surface area contributed by atoms with E-state index in [1.807, 2.05) is 34.8 Å². The second-order valence-corrected chi connectivity index (χ2v) is 42.9. The van der Waals surface area contributed by atoms with Crippen molar-refractivity contribution < 1.29 is 4.74 Å². The Kier molecular flexibility index (Phi) is 36.8. The Bertz CT molecular complexity index is 7570. The van der Waals surface area contributed by atoms with Gasteiger partial charge in [0, 0.05) is 74.2 Å². The van der Waals surface area contributed by atoms with Gasteiger partial charge in [0.05, 0.1) is 17.1 Å². The van der Waals surface area contributed by atoms with Gasteiger partial charge in [-0.05, 0) is 309 Å². The number of hydrogen-bond acceptors (Lipinski definition) is 6. The van der Waals surface area contributed by atoms with Gasteiger partial charge in [-0.15, -0.1) is 22.7 Å². The molecule has 1 fully saturated rings. The summed E-state index contributed by atoms with van der Waals surface area (Å²) in [6.07, 6.45) is 49.7. The van der Waals surface area contributed by atoms with Crippen LogP contribution in [0.1, 0.15) is 241 Å². The van der Waals surface area contributed by atoms with Crippen LogP contribution < -0.4 is 14.7 Å². The van der Waals surface area contributed by atoms with Crippen molar-refractivity contribution in [1.82, 2.24) is 0 Å². The first kappa shape index (κ1) is 103. The highest BCUT2D eigenvalue weighted by molar-refractivity contribution is 7.20. The maximum Gasteiger partial charge on any atom is 0.101 e. The Labute approximate surface area is 896 Å². The van der Waals surface area contributed by atoms with Crippen LogP contribution in [-0.4, -0.2) is 13.2 Å². The third-order valence-corrected chi connectivity index (χ3v) is 32.6. The molecule has 750 valence electrons. The van der Waals surface area contributed by atoms with Crippen LogP contribution in [0.15, 0.2) is 437 Å². The van der Waals surface area contributed by atoms with Crippen molar-refractivity contribution in [3.8, 4) is 20.9 Å². The molecule has 6 heteroatoms. The molecule has 0 amide bonds. The summed E-state index contributed by atoms with van der Waals surface area (Å²) in [7, 11) is 0. The van der Waals surface area contributed by atoms with Crippen molar-refractivity contribution in [3.05, 3.63) is 504 Å². The molecule has 21 rings (SSSR count). The van der Waals surface area contributed by atoms with Gasteiger partial charge < -0.3 is 19.4 Å². The number of unbranched alkanes of at least 4 members (excludes halogenated alkanes) is 16. The molecule has 1 atom stereocenters. The lowest BCUT2D eigenvalue weighted by atomic mass is 9.80. The zero-order chi connectivity index (χ0) is 101. The molecular weight excluding hydrogens is 1840 g/mol. The lowest BCUT2D eigenvalue weighted by Gasteiger charge is -2.28. The van der Waals surface area contributed by atoms with E-state index in [1.54, 1.807) is 0 Å². The fourth-order valence-corrected chi connectivity index (χ4v) is 24.8. The maximum atomic E-state index is 4.94. The smallest absolute Gasteiger partial charge is 0.101 e. The zero-order valence-electron chi connectivity index (χ0n) is 87.6. The summed E-state index contributed by atoms with van der Waals surface area (Å²) in [6, 6.07) is 144. The second kappa shape index (κ2) is 53.1. The van der Waals surface area contributed by atoms with Crippen LogP contribution in [0.4, 0.5) is 44.1 Å². The number of benzene rings is 16. The van der Waals surface area contributed by atoms with E-state index < -0.39 is 0 Å². The van der Waals surface area contributed by atoms with Gasteiger partial charge in [-0.3, -0.25) is 0 Å². The second-order valence-electron chi connectivity index (χ2n) is 40.7. The molecule has 4 nitrogen and oxygen atoms in total. The number of hydrogen-bond donors (Lipinski definition) is 0. The standard InChI is InChI=1S/C71H71N.C68H66N2S2.C4H8O/c1-3-5-6-7-8-9-14-34-58-52-69(61-46-47-64(50-61)72(63-38-18-12-19-39-63)70-43-26-37-56-31-21-23-41-66(56)70)59(35-17-10-13-27-54-29-24-28-53(4-2)48-54)51-68(58)60-44-45-62(49-60)71(57-32-15-11-16-33-57)67-42-25-36-55-30-20-22-40-65(55)67;1-3-5-6-7-8-9-14-32-55-49-62(66-45-47-68(72-66)70(58-38-18-12-19-39-58)64-43-26-35-54-31-21-23-41-60(54)64)56(33-15-10-13-27-52-29-24-28-51(4-2)48-52)50-61(55)65-44-46-67(71-65)69(57-36-16-11-17-37-57)63-42-25-34-53-30-20-22-40-59(53)63;1-2-4-5-3-1/h4,11-12,15-16,18-26,28-33,36-48,51-52,71H,2-3,5-10,13-14,17,27,34-35,49-50H2,1H3;4,11-12,16-26,28-31,34-50H,2-3,5-10,13-15,27,32-33H2,1H3;1-4H2. The predicted octanol–water partition coefficient (Wildman–Crippen LogP) is 42.0. The van der Waals surface area contributed by atoms with Crippen LogP contribution in [0.5, 0.6) is 0 Å². The molecule has 1 aliphatic heterocycles. The van der Waals surface area contributed by atoms with Crippen molar-refractivity contribution in [2.45, 2.75) is 212 Å². The lowest BCUT2D eigenvalue weighted by molar-refractivity contribution is 0.198. The Morgan fingerprint density at radius 2 is 0.631 bits per heavy atom. The SMILES string of the molecule is C1CCOC1.C=Cc1cccc(CCCCCc2cc(-c3ccc(N(c4ccccc4)c4cccc5ccccc45)s3)c(CCCCCCCCC)cc2-c2ccc(N(c3ccccc3)c3cccc4ccccc34)s2)c1.C=Cc1cccc(CCCCCc2cc(C3=CC=C(C(c4ccccc4)c4cccc5ccccc45)C3)c(CCCCCCCCC)cc2C2=CC=C(N(c3ccccc3)c3cccc4ccccc34)C2)c1. The molecule has 16 aromatic carbocycles. The summed E-state index contributed by atoms with van der Waals surface area (Å²) in [5.41, 5.74) is 32.3. The first-order chi connectivity index (χ1) is 73.8. The highest BCUT2D eigenvalue weighted by Crippen LogP contribution is 2.52. The third kappa shape index (κ3) is 26.4. The Hall–Kier alpha value is -14.2. The summed E-state index contributed by atoms with van der Waals surface area (Å²) < 4.78 is 4.94. The van der Waals surface area contributed by atoms with Crippen molar-refractivity contribution in [3.63, 3.8) is 0 Å². The van der Waals surface area contributed by atoms with Gasteiger partial charge in [0.25, 0.3) is 0 Å². The zero-order valence-corrected chi connectivity index (χ0v) is 89.2. The van der Waals surface area contributed by atoms with Crippen molar-refractivity contribution in [1.29, 1.82) is 0 Å². The van der Waals surface area contributed by atoms with Crippen LogP contribution in [0.2, 0.25) is 0 Å². The van der Waals surface area contributed by atoms with E-state index >= 15 is 0 Å². The summed E-state index contributed by atoms with van der Waals surface area (Å²) in [5, 5.41) is 12.6. The molecule has 2 aliphatic carbocycles. The van der Waals surface area contributed by atoms with Gasteiger partial charge >= 0.3 is 0 Å². The topological polar surface area (TPSA) is 19.0 Å². The number of thiophene rings is 2. The predicted molar refractivity (Wildman–Crippen MR) is 649 cm³/mol. The third-order valence-electron chi connectivity index (χ3n) is 30.4. The van der Waals surface area contributed by atoms with E-state index in [9.17, 15) is 0 Å². The quantitative estimate of drug-likeness (QED) is 0.0354. The molecule has 0 N–H and O–H groups in total. The summed E-state index contributed by atoms with van der Waals surface area (Å²) in [6.45, 7) is 14.7.